The van der Waals surface area contributed by atoms with Gasteiger partial charge in [0.2, 0.25) is 15.2 Å². The minimum atomic E-state index is -3.50. The first-order valence-electron chi connectivity index (χ1n) is 6.60. The van der Waals surface area contributed by atoms with Gasteiger partial charge in [-0.15, -0.1) is 0 Å². The van der Waals surface area contributed by atoms with E-state index in [1.807, 2.05) is 0 Å². The highest BCUT2D eigenvalue weighted by Crippen LogP contribution is 2.35. The molecule has 0 spiro atoms. The van der Waals surface area contributed by atoms with E-state index in [2.05, 4.69) is 31.1 Å². The van der Waals surface area contributed by atoms with Crippen molar-refractivity contribution in [2.24, 2.45) is 5.16 Å². The summed E-state index contributed by atoms with van der Waals surface area (Å²) in [5, 5.41) is 14.1. The van der Waals surface area contributed by atoms with Crippen molar-refractivity contribution in [2.45, 2.75) is 6.92 Å². The molecule has 0 fully saturated rings. The number of sulfonamides is 1. The molecule has 2 rings (SSSR count). The summed E-state index contributed by atoms with van der Waals surface area (Å²) < 4.78 is 31.8. The molecule has 1 heterocycles. The number of carbonyl (C=O) groups is 1. The Bertz CT molecular complexity index is 939. The third-order valence-corrected chi connectivity index (χ3v) is 5.35. The molecule has 11 heteroatoms. The second kappa shape index (κ2) is 6.99. The molecule has 1 aromatic carbocycles. The molecule has 0 aliphatic carbocycles. The lowest BCUT2D eigenvalue weighted by atomic mass is 10.1. The molecule has 0 bridgehead atoms. The van der Waals surface area contributed by atoms with Gasteiger partial charge in [-0.1, -0.05) is 16.8 Å². The minimum Gasteiger partial charge on any atom is -0.452 e. The summed E-state index contributed by atoms with van der Waals surface area (Å²) in [5.74, 6) is -0.733. The molecule has 8 nitrogen and oxygen atoms in total. The van der Waals surface area contributed by atoms with Crippen LogP contribution in [0.25, 0.3) is 11.0 Å². The number of nitrogens with one attached hydrogen (secondary N) is 2. The molecule has 0 aliphatic rings. The maximum absolute atomic E-state index is 12.1. The van der Waals surface area contributed by atoms with Gasteiger partial charge < -0.3 is 14.9 Å². The third kappa shape index (κ3) is 3.50. The van der Waals surface area contributed by atoms with Gasteiger partial charge in [0.15, 0.2) is 5.76 Å². The normalized spacial score (nSPS) is 12.4. The highest BCUT2D eigenvalue weighted by molar-refractivity contribution is 9.10. The van der Waals surface area contributed by atoms with Crippen LogP contribution in [0.3, 0.4) is 0 Å². The first-order chi connectivity index (χ1) is 11.2. The first kappa shape index (κ1) is 18.6. The van der Waals surface area contributed by atoms with E-state index in [1.54, 1.807) is 0 Å². The maximum Gasteiger partial charge on any atom is 0.255 e. The Kier molecular flexibility index (Phi) is 5.41. The first-order valence-corrected chi connectivity index (χ1v) is 9.43. The summed E-state index contributed by atoms with van der Waals surface area (Å²) in [7, 11) is -2.08. The average Bonchev–Trinajstić information content (AvgIpc) is 2.91. The number of amides is 1. The van der Waals surface area contributed by atoms with E-state index < -0.39 is 21.1 Å². The Morgan fingerprint density at radius 1 is 1.46 bits per heavy atom. The number of anilines is 1. The lowest BCUT2D eigenvalue weighted by molar-refractivity contribution is 0.0963. The van der Waals surface area contributed by atoms with Gasteiger partial charge in [0, 0.05) is 23.0 Å². The van der Waals surface area contributed by atoms with Crippen LogP contribution in [0, 0.1) is 0 Å². The highest BCUT2D eigenvalue weighted by Gasteiger charge is 2.25. The van der Waals surface area contributed by atoms with Crippen LogP contribution in [-0.2, 0) is 10.0 Å². The second-order valence-electron chi connectivity index (χ2n) is 4.61. The number of nitrogens with zero attached hydrogens (tertiary/aromatic N) is 1. The smallest absolute Gasteiger partial charge is 0.255 e. The number of rotatable bonds is 5. The summed E-state index contributed by atoms with van der Waals surface area (Å²) in [6.45, 7) is 1.50. The van der Waals surface area contributed by atoms with E-state index in [0.717, 1.165) is 0 Å². The predicted molar refractivity (Wildman–Crippen MR) is 94.6 cm³/mol. The third-order valence-electron chi connectivity index (χ3n) is 3.15. The molecule has 1 amide bonds. The Morgan fingerprint density at radius 3 is 2.67 bits per heavy atom. The molecular weight excluding hydrogens is 426 g/mol. The van der Waals surface area contributed by atoms with Crippen molar-refractivity contribution in [3.05, 3.63) is 27.9 Å². The van der Waals surface area contributed by atoms with Crippen molar-refractivity contribution in [3.63, 3.8) is 0 Å². The molecule has 24 heavy (non-hydrogen) atoms. The van der Waals surface area contributed by atoms with Crippen molar-refractivity contribution in [3.8, 4) is 0 Å². The van der Waals surface area contributed by atoms with Gasteiger partial charge in [-0.2, -0.15) is 0 Å². The predicted octanol–water partition coefficient (Wildman–Crippen LogP) is 2.69. The van der Waals surface area contributed by atoms with Crippen LogP contribution in [0.15, 0.2) is 26.2 Å². The molecule has 2 aromatic rings. The number of carbonyl (C=O) groups excluding carboxylic acids is 1. The molecule has 0 aliphatic heterocycles. The maximum atomic E-state index is 12.1. The number of fused-ring (bicyclic) bond motifs is 1. The van der Waals surface area contributed by atoms with E-state index in [0.29, 0.717) is 9.86 Å². The number of benzene rings is 1. The topological polar surface area (TPSA) is 121 Å². The number of halogens is 2. The summed E-state index contributed by atoms with van der Waals surface area (Å²) in [6.07, 6.45) is 0. The molecule has 3 N–H and O–H groups in total. The Labute approximate surface area is 151 Å². The van der Waals surface area contributed by atoms with E-state index in [1.165, 1.54) is 26.1 Å². The van der Waals surface area contributed by atoms with Crippen molar-refractivity contribution < 1.29 is 22.8 Å². The van der Waals surface area contributed by atoms with Gasteiger partial charge >= 0.3 is 0 Å². The second-order valence-corrected chi connectivity index (χ2v) is 7.83. The van der Waals surface area contributed by atoms with E-state index in [9.17, 15) is 13.2 Å². The fraction of sp³-hybridized carbons (Fsp3) is 0.231. The van der Waals surface area contributed by atoms with Crippen molar-refractivity contribution in [1.29, 1.82) is 0 Å². The lowest BCUT2D eigenvalue weighted by Gasteiger charge is -2.08. The Hall–Kier alpha value is -1.78. The van der Waals surface area contributed by atoms with Crippen LogP contribution < -0.4 is 10.0 Å². The number of hydrogen-bond acceptors (Lipinski definition) is 6. The SMILES string of the molecule is CCS(=O)(=O)Nc1cc2oc(/C(Cl)=N/O)c(C(=O)NC)c2cc1Br. The van der Waals surface area contributed by atoms with Gasteiger partial charge in [0.05, 0.1) is 17.0 Å². The molecule has 1 aromatic heterocycles. The van der Waals surface area contributed by atoms with Crippen molar-refractivity contribution in [2.75, 3.05) is 17.5 Å². The lowest BCUT2D eigenvalue weighted by Crippen LogP contribution is -2.19. The van der Waals surface area contributed by atoms with Gasteiger partial charge in [0.25, 0.3) is 5.91 Å². The summed E-state index contributed by atoms with van der Waals surface area (Å²) in [6, 6.07) is 2.92. The summed E-state index contributed by atoms with van der Waals surface area (Å²) in [4.78, 5) is 12.1. The van der Waals surface area contributed by atoms with Gasteiger partial charge in [-0.25, -0.2) is 8.42 Å². The molecule has 0 saturated carbocycles. The van der Waals surface area contributed by atoms with Crippen LogP contribution >= 0.6 is 27.5 Å². The van der Waals surface area contributed by atoms with Gasteiger partial charge in [0.1, 0.15) is 5.58 Å². The monoisotopic (exact) mass is 437 g/mol. The molecule has 0 atom stereocenters. The van der Waals surface area contributed by atoms with E-state index >= 15 is 0 Å². The fourth-order valence-electron chi connectivity index (χ4n) is 1.98. The average molecular weight is 439 g/mol. The number of hydrogen-bond donors (Lipinski definition) is 3. The summed E-state index contributed by atoms with van der Waals surface area (Å²) in [5.41, 5.74) is 0.508. The van der Waals surface area contributed by atoms with Gasteiger partial charge in [-0.3, -0.25) is 9.52 Å². The van der Waals surface area contributed by atoms with Crippen LogP contribution in [0.1, 0.15) is 23.0 Å². The fourth-order valence-corrected chi connectivity index (χ4v) is 3.33. The molecule has 0 unspecified atom stereocenters. The minimum absolute atomic E-state index is 0.0703. The zero-order chi connectivity index (χ0) is 18.1. The Balaban J connectivity index is 2.73. The summed E-state index contributed by atoms with van der Waals surface area (Å²) >= 11 is 9.03. The van der Waals surface area contributed by atoms with Crippen LogP contribution in [0.5, 0.6) is 0 Å². The van der Waals surface area contributed by atoms with Crippen molar-refractivity contribution >= 4 is 65.3 Å². The Morgan fingerprint density at radius 2 is 2.12 bits per heavy atom. The highest BCUT2D eigenvalue weighted by atomic mass is 79.9. The number of oxime groups is 1. The zero-order valence-electron chi connectivity index (χ0n) is 12.6. The molecular formula is C13H13BrClN3O5S. The van der Waals surface area contributed by atoms with Crippen LogP contribution in [0.2, 0.25) is 0 Å². The quantitative estimate of drug-likeness (QED) is 0.376. The molecule has 0 radical (unpaired) electrons. The van der Waals surface area contributed by atoms with Crippen LogP contribution in [-0.4, -0.2) is 37.5 Å². The van der Waals surface area contributed by atoms with Crippen LogP contribution in [0.4, 0.5) is 5.69 Å². The van der Waals surface area contributed by atoms with E-state index in [4.69, 9.17) is 21.2 Å². The largest absolute Gasteiger partial charge is 0.452 e. The van der Waals surface area contributed by atoms with Gasteiger partial charge in [-0.05, 0) is 28.9 Å². The molecule has 130 valence electrons. The van der Waals surface area contributed by atoms with Crippen molar-refractivity contribution in [1.82, 2.24) is 5.32 Å². The number of furan rings is 1. The molecule has 0 saturated heterocycles. The standard InChI is InChI=1S/C13H13BrClN3O5S/c1-3-24(21,22)18-8-5-9-6(4-7(8)14)10(13(19)16-2)11(23-9)12(15)17-20/h4-5,18,20H,3H2,1-2H3,(H,16,19)/b17-12-. The zero-order valence-corrected chi connectivity index (χ0v) is 15.7. The van der Waals surface area contributed by atoms with E-state index in [-0.39, 0.29) is 28.3 Å².